The maximum atomic E-state index is 13.5. The van der Waals surface area contributed by atoms with Crippen LogP contribution in [0.15, 0.2) is 53.3 Å². The second-order valence-corrected chi connectivity index (χ2v) is 12.5. The van der Waals surface area contributed by atoms with Gasteiger partial charge in [0.25, 0.3) is 0 Å². The number of amides is 2. The number of ether oxygens (including phenoxy) is 3. The number of rotatable bonds is 10. The third-order valence-electron chi connectivity index (χ3n) is 9.12. The Morgan fingerprint density at radius 1 is 1.00 bits per heavy atom. The molecular formula is C36H42ClN3O7. The molecule has 11 heteroatoms. The molecule has 0 spiro atoms. The number of carbonyl (C=O) groups excluding carboxylic acids is 2. The topological polar surface area (TPSA) is 126 Å². The van der Waals surface area contributed by atoms with E-state index in [1.54, 1.807) is 50.5 Å². The minimum Gasteiger partial charge on any atom is -0.493 e. The highest BCUT2D eigenvalue weighted by molar-refractivity contribution is 6.30. The van der Waals surface area contributed by atoms with Crippen molar-refractivity contribution in [2.75, 3.05) is 46.3 Å². The molecule has 10 nitrogen and oxygen atoms in total. The van der Waals surface area contributed by atoms with Gasteiger partial charge in [0.05, 0.1) is 38.7 Å². The summed E-state index contributed by atoms with van der Waals surface area (Å²) in [6.45, 7) is 2.81. The summed E-state index contributed by atoms with van der Waals surface area (Å²) in [4.78, 5) is 40.5. The van der Waals surface area contributed by atoms with E-state index < -0.39 is 11.6 Å². The number of hydrogen-bond donors (Lipinski definition) is 3. The molecule has 0 saturated carbocycles. The molecule has 5 rings (SSSR count). The van der Waals surface area contributed by atoms with Crippen molar-refractivity contribution in [2.45, 2.75) is 57.1 Å². The number of likely N-dealkylation sites (tertiary alicyclic amines) is 1. The second-order valence-electron chi connectivity index (χ2n) is 12.0. The van der Waals surface area contributed by atoms with Gasteiger partial charge in [-0.2, -0.15) is 0 Å². The van der Waals surface area contributed by atoms with Crippen LogP contribution in [0.25, 0.3) is 11.1 Å². The summed E-state index contributed by atoms with van der Waals surface area (Å²) in [5.41, 5.74) is 3.15. The molecule has 1 heterocycles. The van der Waals surface area contributed by atoms with Crippen LogP contribution < -0.4 is 30.3 Å². The van der Waals surface area contributed by atoms with Crippen LogP contribution in [-0.4, -0.2) is 62.8 Å². The maximum Gasteiger partial charge on any atom is 0.222 e. The third kappa shape index (κ3) is 7.34. The Balaban J connectivity index is 1.31. The SMILES string of the molecule is COc1cc2c(c(OC)c1OC)-c1ccc(NCCCC(=O)N3CCC(O)(c4ccc(Cl)cc4)CC3)c(=O)cc1C(NC(C)=O)CC2. The van der Waals surface area contributed by atoms with Crippen LogP contribution in [0.2, 0.25) is 5.02 Å². The number of aliphatic hydroxyl groups is 1. The largest absolute Gasteiger partial charge is 0.493 e. The summed E-state index contributed by atoms with van der Waals surface area (Å²) in [5.74, 6) is 1.29. The number of benzene rings is 2. The summed E-state index contributed by atoms with van der Waals surface area (Å²) >= 11 is 6.00. The van der Waals surface area contributed by atoms with Gasteiger partial charge < -0.3 is 34.9 Å². The molecule has 1 saturated heterocycles. The lowest BCUT2D eigenvalue weighted by atomic mass is 9.84. The number of aryl methyl sites for hydroxylation is 1. The van der Waals surface area contributed by atoms with E-state index in [0.29, 0.717) is 91.7 Å². The van der Waals surface area contributed by atoms with E-state index in [1.165, 1.54) is 6.92 Å². The molecule has 250 valence electrons. The lowest BCUT2D eigenvalue weighted by molar-refractivity contribution is -0.135. The molecule has 3 N–H and O–H groups in total. The van der Waals surface area contributed by atoms with Gasteiger partial charge in [-0.25, -0.2) is 0 Å². The van der Waals surface area contributed by atoms with Gasteiger partial charge in [0.2, 0.25) is 23.0 Å². The first-order chi connectivity index (χ1) is 22.6. The number of halogens is 1. The smallest absolute Gasteiger partial charge is 0.222 e. The van der Waals surface area contributed by atoms with E-state index in [4.69, 9.17) is 25.8 Å². The van der Waals surface area contributed by atoms with Crippen molar-refractivity contribution in [3.8, 4) is 28.4 Å². The first-order valence-electron chi connectivity index (χ1n) is 15.9. The molecule has 0 bridgehead atoms. The monoisotopic (exact) mass is 663 g/mol. The van der Waals surface area contributed by atoms with E-state index in [9.17, 15) is 19.5 Å². The molecule has 2 amide bonds. The van der Waals surface area contributed by atoms with E-state index in [1.807, 2.05) is 24.3 Å². The van der Waals surface area contributed by atoms with Gasteiger partial charge in [-0.1, -0.05) is 29.8 Å². The van der Waals surface area contributed by atoms with Crippen LogP contribution in [0, 0.1) is 0 Å². The summed E-state index contributed by atoms with van der Waals surface area (Å²) in [6.07, 6.45) is 2.93. The number of carbonyl (C=O) groups is 2. The van der Waals surface area contributed by atoms with Crippen molar-refractivity contribution >= 4 is 29.1 Å². The van der Waals surface area contributed by atoms with Gasteiger partial charge in [0.15, 0.2) is 11.5 Å². The number of nitrogens with zero attached hydrogens (tertiary/aromatic N) is 1. The van der Waals surface area contributed by atoms with Gasteiger partial charge in [-0.05, 0) is 84.7 Å². The quantitative estimate of drug-likeness (QED) is 0.252. The van der Waals surface area contributed by atoms with Crippen molar-refractivity contribution in [3.63, 3.8) is 0 Å². The van der Waals surface area contributed by atoms with Gasteiger partial charge in [0, 0.05) is 43.6 Å². The Morgan fingerprint density at radius 2 is 1.70 bits per heavy atom. The summed E-state index contributed by atoms with van der Waals surface area (Å²) in [7, 11) is 4.68. The molecule has 47 heavy (non-hydrogen) atoms. The zero-order valence-corrected chi connectivity index (χ0v) is 28.0. The van der Waals surface area contributed by atoms with E-state index >= 15 is 0 Å². The van der Waals surface area contributed by atoms with Gasteiger partial charge >= 0.3 is 0 Å². The van der Waals surface area contributed by atoms with Crippen LogP contribution in [0.3, 0.4) is 0 Å². The lowest BCUT2D eigenvalue weighted by Crippen LogP contribution is -2.45. The molecule has 1 aliphatic carbocycles. The maximum absolute atomic E-state index is 13.5. The van der Waals surface area contributed by atoms with Gasteiger partial charge in [0.1, 0.15) is 0 Å². The Bertz CT molecular complexity index is 1690. The Kier molecular flexibility index (Phi) is 10.6. The van der Waals surface area contributed by atoms with Crippen molar-refractivity contribution in [1.29, 1.82) is 0 Å². The fraction of sp³-hybridized carbons (Fsp3) is 0.417. The first kappa shape index (κ1) is 34.1. The zero-order valence-electron chi connectivity index (χ0n) is 27.3. The fourth-order valence-electron chi connectivity index (χ4n) is 6.65. The van der Waals surface area contributed by atoms with Gasteiger partial charge in [-0.3, -0.25) is 14.4 Å². The van der Waals surface area contributed by atoms with Crippen LogP contribution in [0.1, 0.15) is 61.8 Å². The van der Waals surface area contributed by atoms with Crippen molar-refractivity contribution in [2.24, 2.45) is 0 Å². The molecule has 2 aliphatic rings. The Hall–Kier alpha value is -4.28. The normalized spacial score (nSPS) is 16.6. The van der Waals surface area contributed by atoms with E-state index in [0.717, 1.165) is 22.3 Å². The second kappa shape index (κ2) is 14.6. The summed E-state index contributed by atoms with van der Waals surface area (Å²) in [6, 6.07) is 13.9. The molecule has 3 aromatic rings. The van der Waals surface area contributed by atoms with Gasteiger partial charge in [-0.15, -0.1) is 0 Å². The Labute approximate surface area is 280 Å². The number of piperidine rings is 1. The molecule has 1 unspecified atom stereocenters. The zero-order chi connectivity index (χ0) is 33.7. The molecule has 0 aromatic heterocycles. The van der Waals surface area contributed by atoms with Crippen LogP contribution in [0.5, 0.6) is 17.2 Å². The number of fused-ring (bicyclic) bond motifs is 3. The van der Waals surface area contributed by atoms with Crippen LogP contribution in [-0.2, 0) is 21.6 Å². The molecule has 0 radical (unpaired) electrons. The molecule has 1 atom stereocenters. The summed E-state index contributed by atoms with van der Waals surface area (Å²) < 4.78 is 17.1. The highest BCUT2D eigenvalue weighted by atomic mass is 35.5. The fourth-order valence-corrected chi connectivity index (χ4v) is 6.78. The number of methoxy groups -OCH3 is 3. The van der Waals surface area contributed by atoms with Crippen molar-refractivity contribution in [1.82, 2.24) is 10.2 Å². The molecule has 1 aliphatic heterocycles. The number of anilines is 1. The molecule has 1 fully saturated rings. The number of hydrogen-bond acceptors (Lipinski definition) is 8. The minimum absolute atomic E-state index is 0.0175. The minimum atomic E-state index is -0.977. The molecular weight excluding hydrogens is 622 g/mol. The predicted molar refractivity (Wildman–Crippen MR) is 182 cm³/mol. The van der Waals surface area contributed by atoms with Crippen LogP contribution in [0.4, 0.5) is 5.69 Å². The highest BCUT2D eigenvalue weighted by Crippen LogP contribution is 2.50. The first-order valence-corrected chi connectivity index (χ1v) is 16.2. The van der Waals surface area contributed by atoms with Crippen molar-refractivity contribution < 1.29 is 28.9 Å². The summed E-state index contributed by atoms with van der Waals surface area (Å²) in [5, 5.41) is 18.0. The lowest BCUT2D eigenvalue weighted by Gasteiger charge is -2.38. The average Bonchev–Trinajstić information content (AvgIpc) is 3.30. The Morgan fingerprint density at radius 3 is 2.34 bits per heavy atom. The third-order valence-corrected chi connectivity index (χ3v) is 9.38. The standard InChI is InChI=1S/C36H42ClN3O7/c1-22(41)39-28-13-7-23-20-31(45-2)34(46-3)35(47-4)33(23)26-12-14-29(30(42)21-27(26)28)38-17-5-6-32(43)40-18-15-36(44,16-19-40)24-8-10-25(37)11-9-24/h8-12,14,20-21,28,44H,5-7,13,15-19H2,1-4H3,(H,38,42)(H,39,41). The highest BCUT2D eigenvalue weighted by Gasteiger charge is 2.35. The van der Waals surface area contributed by atoms with Crippen molar-refractivity contribution in [3.05, 3.63) is 80.5 Å². The predicted octanol–water partition coefficient (Wildman–Crippen LogP) is 5.22. The van der Waals surface area contributed by atoms with E-state index in [-0.39, 0.29) is 17.2 Å². The average molecular weight is 664 g/mol. The van der Waals surface area contributed by atoms with Crippen LogP contribution >= 0.6 is 11.6 Å². The van der Waals surface area contributed by atoms with E-state index in [2.05, 4.69) is 10.6 Å². The molecule has 3 aromatic carbocycles. The number of nitrogens with one attached hydrogen (secondary N) is 2.